The summed E-state index contributed by atoms with van der Waals surface area (Å²) >= 11 is 0. The SMILES string of the molecule is O=C(c1cccc(F)c1)C1CCCN1C1CCNCC1. The van der Waals surface area contributed by atoms with Crippen molar-refractivity contribution >= 4 is 5.78 Å². The number of piperidine rings is 1. The molecule has 1 atom stereocenters. The third-order valence-corrected chi connectivity index (χ3v) is 4.48. The van der Waals surface area contributed by atoms with Gasteiger partial charge in [0.2, 0.25) is 0 Å². The molecule has 2 saturated heterocycles. The van der Waals surface area contributed by atoms with Crippen molar-refractivity contribution in [2.24, 2.45) is 0 Å². The summed E-state index contributed by atoms with van der Waals surface area (Å²) in [6.45, 7) is 3.06. The van der Waals surface area contributed by atoms with E-state index in [1.165, 1.54) is 12.1 Å². The van der Waals surface area contributed by atoms with E-state index in [0.29, 0.717) is 11.6 Å². The van der Waals surface area contributed by atoms with Crippen LogP contribution in [0.1, 0.15) is 36.0 Å². The molecule has 4 heteroatoms. The van der Waals surface area contributed by atoms with E-state index in [4.69, 9.17) is 0 Å². The zero-order valence-electron chi connectivity index (χ0n) is 11.6. The van der Waals surface area contributed by atoms with Crippen molar-refractivity contribution in [3.63, 3.8) is 0 Å². The van der Waals surface area contributed by atoms with E-state index in [0.717, 1.165) is 45.3 Å². The molecule has 0 saturated carbocycles. The normalized spacial score (nSPS) is 24.9. The van der Waals surface area contributed by atoms with Gasteiger partial charge in [-0.1, -0.05) is 12.1 Å². The maximum Gasteiger partial charge on any atom is 0.180 e. The number of benzene rings is 1. The molecule has 3 rings (SSSR count). The molecule has 0 aromatic heterocycles. The molecule has 0 bridgehead atoms. The van der Waals surface area contributed by atoms with E-state index in [2.05, 4.69) is 10.2 Å². The average molecular weight is 276 g/mol. The fourth-order valence-corrected chi connectivity index (χ4v) is 3.48. The van der Waals surface area contributed by atoms with Gasteiger partial charge in [0.1, 0.15) is 5.82 Å². The first-order valence-corrected chi connectivity index (χ1v) is 7.52. The summed E-state index contributed by atoms with van der Waals surface area (Å²) in [7, 11) is 0. The van der Waals surface area contributed by atoms with Crippen LogP contribution in [0, 0.1) is 5.82 Å². The summed E-state index contributed by atoms with van der Waals surface area (Å²) in [5, 5.41) is 3.36. The van der Waals surface area contributed by atoms with Gasteiger partial charge in [-0.25, -0.2) is 4.39 Å². The smallest absolute Gasteiger partial charge is 0.180 e. The lowest BCUT2D eigenvalue weighted by Crippen LogP contribution is -2.47. The van der Waals surface area contributed by atoms with E-state index in [9.17, 15) is 9.18 Å². The van der Waals surface area contributed by atoms with Crippen molar-refractivity contribution < 1.29 is 9.18 Å². The Morgan fingerprint density at radius 3 is 2.80 bits per heavy atom. The van der Waals surface area contributed by atoms with E-state index in [1.807, 2.05) is 0 Å². The molecule has 1 unspecified atom stereocenters. The number of ketones is 1. The van der Waals surface area contributed by atoms with Crippen molar-refractivity contribution in [2.75, 3.05) is 19.6 Å². The first kappa shape index (κ1) is 13.7. The quantitative estimate of drug-likeness (QED) is 0.859. The molecule has 3 nitrogen and oxygen atoms in total. The molecule has 1 N–H and O–H groups in total. The van der Waals surface area contributed by atoms with Crippen LogP contribution >= 0.6 is 0 Å². The summed E-state index contributed by atoms with van der Waals surface area (Å²) < 4.78 is 13.3. The molecule has 0 spiro atoms. The number of nitrogens with zero attached hydrogens (tertiary/aromatic N) is 1. The van der Waals surface area contributed by atoms with E-state index >= 15 is 0 Å². The number of halogens is 1. The van der Waals surface area contributed by atoms with Crippen molar-refractivity contribution in [2.45, 2.75) is 37.8 Å². The zero-order chi connectivity index (χ0) is 13.9. The summed E-state index contributed by atoms with van der Waals surface area (Å²) in [4.78, 5) is 15.0. The Hall–Kier alpha value is -1.26. The molecule has 2 heterocycles. The second-order valence-electron chi connectivity index (χ2n) is 5.75. The van der Waals surface area contributed by atoms with Gasteiger partial charge in [0, 0.05) is 11.6 Å². The predicted octanol–water partition coefficient (Wildman–Crippen LogP) is 2.22. The lowest BCUT2D eigenvalue weighted by Gasteiger charge is -2.35. The fourth-order valence-electron chi connectivity index (χ4n) is 3.48. The number of carbonyl (C=O) groups is 1. The molecule has 2 aliphatic rings. The third kappa shape index (κ3) is 2.76. The van der Waals surface area contributed by atoms with Crippen LogP contribution < -0.4 is 5.32 Å². The molecule has 2 fully saturated rings. The Balaban J connectivity index is 1.76. The van der Waals surface area contributed by atoms with Crippen LogP contribution in [0.2, 0.25) is 0 Å². The van der Waals surface area contributed by atoms with Crippen LogP contribution in [0.25, 0.3) is 0 Å². The molecule has 20 heavy (non-hydrogen) atoms. The first-order valence-electron chi connectivity index (χ1n) is 7.52. The van der Waals surface area contributed by atoms with Gasteiger partial charge in [-0.05, 0) is 57.5 Å². The topological polar surface area (TPSA) is 32.3 Å². The number of rotatable bonds is 3. The highest BCUT2D eigenvalue weighted by Gasteiger charge is 2.36. The fraction of sp³-hybridized carbons (Fsp3) is 0.562. The highest BCUT2D eigenvalue weighted by Crippen LogP contribution is 2.27. The predicted molar refractivity (Wildman–Crippen MR) is 76.4 cm³/mol. The summed E-state index contributed by atoms with van der Waals surface area (Å²) in [5.41, 5.74) is 0.510. The molecule has 108 valence electrons. The zero-order valence-corrected chi connectivity index (χ0v) is 11.6. The lowest BCUT2D eigenvalue weighted by atomic mass is 9.98. The van der Waals surface area contributed by atoms with Crippen molar-refractivity contribution in [1.82, 2.24) is 10.2 Å². The van der Waals surface area contributed by atoms with Gasteiger partial charge < -0.3 is 5.32 Å². The van der Waals surface area contributed by atoms with Crippen molar-refractivity contribution in [3.8, 4) is 0 Å². The maximum absolute atomic E-state index is 13.3. The van der Waals surface area contributed by atoms with Gasteiger partial charge in [0.15, 0.2) is 5.78 Å². The molecule has 0 amide bonds. The van der Waals surface area contributed by atoms with Gasteiger partial charge in [-0.15, -0.1) is 0 Å². The van der Waals surface area contributed by atoms with Crippen molar-refractivity contribution in [3.05, 3.63) is 35.6 Å². The van der Waals surface area contributed by atoms with Gasteiger partial charge in [0.05, 0.1) is 6.04 Å². The Morgan fingerprint density at radius 2 is 2.05 bits per heavy atom. The molecule has 0 radical (unpaired) electrons. The minimum atomic E-state index is -0.331. The molecule has 2 aliphatic heterocycles. The minimum absolute atomic E-state index is 0.0556. The van der Waals surface area contributed by atoms with Crippen LogP contribution in [-0.4, -0.2) is 42.4 Å². The number of hydrogen-bond acceptors (Lipinski definition) is 3. The highest BCUT2D eigenvalue weighted by molar-refractivity contribution is 6.00. The number of carbonyl (C=O) groups excluding carboxylic acids is 1. The van der Waals surface area contributed by atoms with Crippen LogP contribution in [-0.2, 0) is 0 Å². The van der Waals surface area contributed by atoms with E-state index in [-0.39, 0.29) is 17.6 Å². The average Bonchev–Trinajstić information content (AvgIpc) is 2.97. The third-order valence-electron chi connectivity index (χ3n) is 4.48. The van der Waals surface area contributed by atoms with Gasteiger partial charge in [-0.3, -0.25) is 9.69 Å². The second-order valence-corrected chi connectivity index (χ2v) is 5.75. The Bertz CT molecular complexity index is 485. The van der Waals surface area contributed by atoms with Crippen LogP contribution in [0.5, 0.6) is 0 Å². The lowest BCUT2D eigenvalue weighted by molar-refractivity contribution is 0.0783. The number of hydrogen-bond donors (Lipinski definition) is 1. The second kappa shape index (κ2) is 6.02. The Labute approximate surface area is 119 Å². The molecule has 0 aliphatic carbocycles. The summed E-state index contributed by atoms with van der Waals surface area (Å²) in [5.74, 6) is -0.247. The largest absolute Gasteiger partial charge is 0.317 e. The van der Waals surface area contributed by atoms with E-state index in [1.54, 1.807) is 12.1 Å². The monoisotopic (exact) mass is 276 g/mol. The number of likely N-dealkylation sites (tertiary alicyclic amines) is 1. The summed E-state index contributed by atoms with van der Waals surface area (Å²) in [6.07, 6.45) is 4.18. The minimum Gasteiger partial charge on any atom is -0.317 e. The number of Topliss-reactive ketones (excluding diaryl/α,β-unsaturated/α-hetero) is 1. The summed E-state index contributed by atoms with van der Waals surface area (Å²) in [6, 6.07) is 6.54. The van der Waals surface area contributed by atoms with Gasteiger partial charge in [-0.2, -0.15) is 0 Å². The van der Waals surface area contributed by atoms with Crippen molar-refractivity contribution in [1.29, 1.82) is 0 Å². The Kier molecular flexibility index (Phi) is 4.13. The highest BCUT2D eigenvalue weighted by atomic mass is 19.1. The molecular weight excluding hydrogens is 255 g/mol. The first-order chi connectivity index (χ1) is 9.75. The Morgan fingerprint density at radius 1 is 1.25 bits per heavy atom. The standard InChI is InChI=1S/C16H21FN2O/c17-13-4-1-3-12(11-13)16(20)15-5-2-10-19(15)14-6-8-18-9-7-14/h1,3-4,11,14-15,18H,2,5-10H2. The van der Waals surface area contributed by atoms with Crippen LogP contribution in [0.15, 0.2) is 24.3 Å². The van der Waals surface area contributed by atoms with E-state index < -0.39 is 0 Å². The van der Waals surface area contributed by atoms with Gasteiger partial charge >= 0.3 is 0 Å². The van der Waals surface area contributed by atoms with Crippen LogP contribution in [0.4, 0.5) is 4.39 Å². The van der Waals surface area contributed by atoms with Gasteiger partial charge in [0.25, 0.3) is 0 Å². The molecule has 1 aromatic carbocycles. The molecule has 1 aromatic rings. The number of nitrogens with one attached hydrogen (secondary N) is 1. The molecular formula is C16H21FN2O. The maximum atomic E-state index is 13.3. The van der Waals surface area contributed by atoms with Crippen LogP contribution in [0.3, 0.4) is 0 Å².